The van der Waals surface area contributed by atoms with Crippen molar-refractivity contribution in [3.8, 4) is 11.5 Å². The molecule has 0 aliphatic carbocycles. The fourth-order valence-corrected chi connectivity index (χ4v) is 4.01. The van der Waals surface area contributed by atoms with Crippen LogP contribution in [0.3, 0.4) is 0 Å². The van der Waals surface area contributed by atoms with Crippen molar-refractivity contribution in [3.05, 3.63) is 48.0 Å². The van der Waals surface area contributed by atoms with E-state index in [0.29, 0.717) is 17.0 Å². The number of nitrogens with zero attached hydrogens (tertiary/aromatic N) is 1. The van der Waals surface area contributed by atoms with Gasteiger partial charge in [0.2, 0.25) is 15.9 Å². The predicted octanol–water partition coefficient (Wildman–Crippen LogP) is 2.45. The number of carbonyl (C=O) groups is 1. The molecule has 0 aromatic heterocycles. The SMILES string of the molecule is COc1ccc(OCCN(C)S(=O)(=O)c2ccc3c(c2)[C@@H](C)C(=O)N3)cc1. The van der Waals surface area contributed by atoms with Crippen molar-refractivity contribution in [1.29, 1.82) is 0 Å². The second-order valence-corrected chi connectivity index (χ2v) is 8.36. The largest absolute Gasteiger partial charge is 0.497 e. The van der Waals surface area contributed by atoms with Crippen molar-refractivity contribution >= 4 is 21.6 Å². The molecule has 0 unspecified atom stereocenters. The van der Waals surface area contributed by atoms with E-state index >= 15 is 0 Å². The summed E-state index contributed by atoms with van der Waals surface area (Å²) in [5.74, 6) is 0.873. The van der Waals surface area contributed by atoms with Crippen molar-refractivity contribution in [2.45, 2.75) is 17.7 Å². The van der Waals surface area contributed by atoms with Crippen molar-refractivity contribution in [3.63, 3.8) is 0 Å². The van der Waals surface area contributed by atoms with E-state index in [9.17, 15) is 13.2 Å². The van der Waals surface area contributed by atoms with Crippen LogP contribution in [0.25, 0.3) is 0 Å². The van der Waals surface area contributed by atoms with Gasteiger partial charge < -0.3 is 14.8 Å². The Morgan fingerprint density at radius 1 is 1.11 bits per heavy atom. The van der Waals surface area contributed by atoms with Gasteiger partial charge in [-0.3, -0.25) is 4.79 Å². The minimum atomic E-state index is -3.67. The molecule has 1 aliphatic rings. The highest BCUT2D eigenvalue weighted by atomic mass is 32.2. The maximum absolute atomic E-state index is 12.8. The molecule has 1 heterocycles. The Hall–Kier alpha value is -2.58. The molecule has 0 radical (unpaired) electrons. The molecule has 3 rings (SSSR count). The summed E-state index contributed by atoms with van der Waals surface area (Å²) in [4.78, 5) is 11.9. The first-order valence-electron chi connectivity index (χ1n) is 8.51. The lowest BCUT2D eigenvalue weighted by molar-refractivity contribution is -0.116. The topological polar surface area (TPSA) is 84.9 Å². The van der Waals surface area contributed by atoms with Crippen LogP contribution >= 0.6 is 0 Å². The van der Waals surface area contributed by atoms with Gasteiger partial charge in [-0.1, -0.05) is 0 Å². The van der Waals surface area contributed by atoms with Gasteiger partial charge in [0.25, 0.3) is 0 Å². The summed E-state index contributed by atoms with van der Waals surface area (Å²) >= 11 is 0. The van der Waals surface area contributed by atoms with E-state index in [-0.39, 0.29) is 29.9 Å². The van der Waals surface area contributed by atoms with Crippen LogP contribution in [0, 0.1) is 0 Å². The van der Waals surface area contributed by atoms with Crippen LogP contribution in [0.1, 0.15) is 18.4 Å². The minimum Gasteiger partial charge on any atom is -0.497 e. The zero-order valence-corrected chi connectivity index (χ0v) is 16.2. The summed E-state index contributed by atoms with van der Waals surface area (Å²) < 4.78 is 37.5. The smallest absolute Gasteiger partial charge is 0.242 e. The van der Waals surface area contributed by atoms with Crippen molar-refractivity contribution in [2.24, 2.45) is 0 Å². The molecule has 2 aromatic carbocycles. The third-order valence-corrected chi connectivity index (χ3v) is 6.44. The number of likely N-dealkylation sites (N-methyl/N-ethyl adjacent to an activating group) is 1. The number of benzene rings is 2. The lowest BCUT2D eigenvalue weighted by Gasteiger charge is -2.18. The molecular weight excluding hydrogens is 368 g/mol. The monoisotopic (exact) mass is 390 g/mol. The Balaban J connectivity index is 1.65. The van der Waals surface area contributed by atoms with Crippen LogP contribution in [-0.4, -0.2) is 45.9 Å². The number of hydrogen-bond acceptors (Lipinski definition) is 5. The molecule has 27 heavy (non-hydrogen) atoms. The number of anilines is 1. The van der Waals surface area contributed by atoms with Crippen molar-refractivity contribution in [2.75, 3.05) is 32.6 Å². The van der Waals surface area contributed by atoms with Gasteiger partial charge in [0, 0.05) is 19.3 Å². The van der Waals surface area contributed by atoms with E-state index in [1.54, 1.807) is 50.4 Å². The number of rotatable bonds is 7. The van der Waals surface area contributed by atoms with E-state index in [2.05, 4.69) is 5.32 Å². The number of hydrogen-bond donors (Lipinski definition) is 1. The standard InChI is InChI=1S/C19H22N2O5S/c1-13-17-12-16(8-9-18(17)20-19(13)22)27(23,24)21(2)10-11-26-15-6-4-14(25-3)5-7-15/h4-9,12-13H,10-11H2,1-3H3,(H,20,22)/t13-/m1/s1. The van der Waals surface area contributed by atoms with Gasteiger partial charge in [0.1, 0.15) is 18.1 Å². The van der Waals surface area contributed by atoms with Gasteiger partial charge in [-0.15, -0.1) is 0 Å². The van der Waals surface area contributed by atoms with E-state index in [1.165, 1.54) is 17.4 Å². The maximum atomic E-state index is 12.8. The van der Waals surface area contributed by atoms with Crippen LogP contribution in [0.2, 0.25) is 0 Å². The third kappa shape index (κ3) is 3.91. The fraction of sp³-hybridized carbons (Fsp3) is 0.316. The van der Waals surface area contributed by atoms with Crippen LogP contribution in [0.5, 0.6) is 11.5 Å². The normalized spacial score (nSPS) is 16.1. The molecule has 7 nitrogen and oxygen atoms in total. The highest BCUT2D eigenvalue weighted by molar-refractivity contribution is 7.89. The zero-order valence-electron chi connectivity index (χ0n) is 15.4. The molecule has 0 saturated heterocycles. The number of fused-ring (bicyclic) bond motifs is 1. The number of amides is 1. The van der Waals surface area contributed by atoms with E-state index in [0.717, 1.165) is 5.75 Å². The molecule has 0 saturated carbocycles. The molecule has 0 fully saturated rings. The molecule has 8 heteroatoms. The zero-order chi connectivity index (χ0) is 19.6. The number of sulfonamides is 1. The molecule has 1 N–H and O–H groups in total. The van der Waals surface area contributed by atoms with Crippen molar-refractivity contribution < 1.29 is 22.7 Å². The minimum absolute atomic E-state index is 0.124. The summed E-state index contributed by atoms with van der Waals surface area (Å²) in [5, 5.41) is 2.74. The first-order valence-corrected chi connectivity index (χ1v) is 9.95. The molecule has 2 aromatic rings. The molecule has 1 atom stereocenters. The number of nitrogens with one attached hydrogen (secondary N) is 1. The summed E-state index contributed by atoms with van der Waals surface area (Å²) in [5.41, 5.74) is 1.36. The molecule has 0 spiro atoms. The number of ether oxygens (including phenoxy) is 2. The second-order valence-electron chi connectivity index (χ2n) is 6.31. The third-order valence-electron chi connectivity index (χ3n) is 4.58. The average molecular weight is 390 g/mol. The molecule has 144 valence electrons. The van der Waals surface area contributed by atoms with E-state index in [4.69, 9.17) is 9.47 Å². The van der Waals surface area contributed by atoms with Gasteiger partial charge >= 0.3 is 0 Å². The molecular formula is C19H22N2O5S. The predicted molar refractivity (Wildman–Crippen MR) is 102 cm³/mol. The number of carbonyl (C=O) groups excluding carboxylic acids is 1. The Morgan fingerprint density at radius 3 is 2.44 bits per heavy atom. The number of methoxy groups -OCH3 is 1. The van der Waals surface area contributed by atoms with Gasteiger partial charge in [-0.25, -0.2) is 8.42 Å². The van der Waals surface area contributed by atoms with Gasteiger partial charge in [-0.05, 0) is 55.0 Å². The van der Waals surface area contributed by atoms with Gasteiger partial charge in [0.15, 0.2) is 0 Å². The highest BCUT2D eigenvalue weighted by Crippen LogP contribution is 2.34. The van der Waals surface area contributed by atoms with E-state index in [1.807, 2.05) is 0 Å². The van der Waals surface area contributed by atoms with Crippen LogP contribution in [-0.2, 0) is 14.8 Å². The first-order chi connectivity index (χ1) is 12.8. The fourth-order valence-electron chi connectivity index (χ4n) is 2.82. The second kappa shape index (κ2) is 7.58. The Kier molecular flexibility index (Phi) is 5.38. The quantitative estimate of drug-likeness (QED) is 0.785. The van der Waals surface area contributed by atoms with Crippen LogP contribution in [0.4, 0.5) is 5.69 Å². The molecule has 1 aliphatic heterocycles. The van der Waals surface area contributed by atoms with Crippen LogP contribution < -0.4 is 14.8 Å². The highest BCUT2D eigenvalue weighted by Gasteiger charge is 2.29. The van der Waals surface area contributed by atoms with Crippen LogP contribution in [0.15, 0.2) is 47.4 Å². The lowest BCUT2D eigenvalue weighted by Crippen LogP contribution is -2.31. The van der Waals surface area contributed by atoms with Gasteiger partial charge in [0.05, 0.1) is 17.9 Å². The summed E-state index contributed by atoms with van der Waals surface area (Å²) in [6, 6.07) is 11.8. The summed E-state index contributed by atoms with van der Waals surface area (Å²) in [7, 11) is -0.581. The summed E-state index contributed by atoms with van der Waals surface area (Å²) in [6.45, 7) is 2.16. The average Bonchev–Trinajstić information content (AvgIpc) is 2.95. The Bertz CT molecular complexity index is 941. The first kappa shape index (κ1) is 19.2. The molecule has 1 amide bonds. The molecule has 0 bridgehead atoms. The maximum Gasteiger partial charge on any atom is 0.242 e. The van der Waals surface area contributed by atoms with Gasteiger partial charge in [-0.2, -0.15) is 4.31 Å². The Morgan fingerprint density at radius 2 is 1.78 bits per heavy atom. The lowest BCUT2D eigenvalue weighted by atomic mass is 10.0. The summed E-state index contributed by atoms with van der Waals surface area (Å²) in [6.07, 6.45) is 0. The van der Waals surface area contributed by atoms with Crippen molar-refractivity contribution in [1.82, 2.24) is 4.31 Å². The Labute approximate surface area is 158 Å². The van der Waals surface area contributed by atoms with E-state index < -0.39 is 10.0 Å².